The fourth-order valence-corrected chi connectivity index (χ4v) is 2.53. The average Bonchev–Trinajstić information content (AvgIpc) is 2.52. The van der Waals surface area contributed by atoms with Crippen molar-refractivity contribution in [3.05, 3.63) is 0 Å². The highest BCUT2D eigenvalue weighted by Gasteiger charge is 2.37. The molecule has 1 aliphatic heterocycles. The van der Waals surface area contributed by atoms with E-state index in [2.05, 4.69) is 4.72 Å². The molecule has 0 aromatic rings. The van der Waals surface area contributed by atoms with Crippen LogP contribution in [0.15, 0.2) is 0 Å². The number of hydrogen-bond donors (Lipinski definition) is 2. The summed E-state index contributed by atoms with van der Waals surface area (Å²) in [6, 6.07) is -0.905. The normalized spacial score (nSPS) is 24.8. The lowest BCUT2D eigenvalue weighted by Gasteiger charge is -2.19. The summed E-state index contributed by atoms with van der Waals surface area (Å²) >= 11 is 0. The molecule has 0 saturated carbocycles. The quantitative estimate of drug-likeness (QED) is 0.622. The number of hydrogen-bond acceptors (Lipinski definition) is 3. The zero-order valence-electron chi connectivity index (χ0n) is 7.23. The van der Waals surface area contributed by atoms with E-state index in [-0.39, 0.29) is 6.54 Å². The van der Waals surface area contributed by atoms with Crippen molar-refractivity contribution in [2.45, 2.75) is 18.9 Å². The van der Waals surface area contributed by atoms with Crippen LogP contribution in [0.5, 0.6) is 0 Å². The summed E-state index contributed by atoms with van der Waals surface area (Å²) in [5, 5.41) is 8.71. The van der Waals surface area contributed by atoms with Gasteiger partial charge in [-0.05, 0) is 12.8 Å². The summed E-state index contributed by atoms with van der Waals surface area (Å²) in [6.07, 6.45) is 0.980. The molecular formula is C6H12N2O4S. The van der Waals surface area contributed by atoms with Crippen LogP contribution in [0, 0.1) is 0 Å². The fourth-order valence-electron chi connectivity index (χ4n) is 1.39. The van der Waals surface area contributed by atoms with Crippen molar-refractivity contribution in [3.8, 4) is 0 Å². The Bertz CT molecular complexity index is 300. The van der Waals surface area contributed by atoms with Gasteiger partial charge in [-0.3, -0.25) is 4.79 Å². The molecule has 1 heterocycles. The topological polar surface area (TPSA) is 86.7 Å². The summed E-state index contributed by atoms with van der Waals surface area (Å²) < 4.78 is 25.6. The first-order valence-electron chi connectivity index (χ1n) is 3.92. The first-order chi connectivity index (χ1) is 5.99. The van der Waals surface area contributed by atoms with Crippen LogP contribution in [0.3, 0.4) is 0 Å². The van der Waals surface area contributed by atoms with Crippen LogP contribution >= 0.6 is 0 Å². The second-order valence-corrected chi connectivity index (χ2v) is 4.64. The number of nitrogens with zero attached hydrogens (tertiary/aromatic N) is 1. The molecule has 1 rings (SSSR count). The van der Waals surface area contributed by atoms with Gasteiger partial charge in [0.1, 0.15) is 6.04 Å². The molecule has 0 amide bonds. The van der Waals surface area contributed by atoms with Crippen molar-refractivity contribution >= 4 is 16.2 Å². The average molecular weight is 208 g/mol. The lowest BCUT2D eigenvalue weighted by molar-refractivity contribution is -0.140. The molecule has 76 valence electrons. The van der Waals surface area contributed by atoms with Gasteiger partial charge in [-0.15, -0.1) is 0 Å². The minimum Gasteiger partial charge on any atom is -0.480 e. The van der Waals surface area contributed by atoms with E-state index in [1.165, 1.54) is 7.05 Å². The lowest BCUT2D eigenvalue weighted by atomic mass is 10.2. The molecule has 1 saturated heterocycles. The minimum atomic E-state index is -3.59. The minimum absolute atomic E-state index is 0.278. The zero-order valence-corrected chi connectivity index (χ0v) is 8.04. The maximum Gasteiger partial charge on any atom is 0.322 e. The molecule has 0 radical (unpaired) electrons. The van der Waals surface area contributed by atoms with Crippen LogP contribution < -0.4 is 4.72 Å². The largest absolute Gasteiger partial charge is 0.480 e. The third-order valence-electron chi connectivity index (χ3n) is 2.06. The highest BCUT2D eigenvalue weighted by molar-refractivity contribution is 7.87. The number of nitrogens with one attached hydrogen (secondary N) is 1. The van der Waals surface area contributed by atoms with Crippen molar-refractivity contribution in [1.82, 2.24) is 9.03 Å². The van der Waals surface area contributed by atoms with E-state index in [4.69, 9.17) is 5.11 Å². The molecule has 0 bridgehead atoms. The third kappa shape index (κ3) is 1.98. The van der Waals surface area contributed by atoms with Crippen LogP contribution in [-0.4, -0.2) is 43.4 Å². The van der Waals surface area contributed by atoms with Gasteiger partial charge < -0.3 is 5.11 Å². The van der Waals surface area contributed by atoms with Gasteiger partial charge in [0.15, 0.2) is 0 Å². The summed E-state index contributed by atoms with van der Waals surface area (Å²) in [7, 11) is -2.32. The van der Waals surface area contributed by atoms with Crippen molar-refractivity contribution < 1.29 is 18.3 Å². The molecule has 1 unspecified atom stereocenters. The molecular weight excluding hydrogens is 196 g/mol. The van der Waals surface area contributed by atoms with Gasteiger partial charge in [-0.1, -0.05) is 0 Å². The molecule has 0 aromatic carbocycles. The summed E-state index contributed by atoms with van der Waals surface area (Å²) in [5.41, 5.74) is 0. The maximum absolute atomic E-state index is 11.3. The highest BCUT2D eigenvalue weighted by atomic mass is 32.2. The molecule has 13 heavy (non-hydrogen) atoms. The molecule has 0 spiro atoms. The first-order valence-corrected chi connectivity index (χ1v) is 5.36. The van der Waals surface area contributed by atoms with Gasteiger partial charge in [0, 0.05) is 13.6 Å². The van der Waals surface area contributed by atoms with Crippen LogP contribution in [0.25, 0.3) is 0 Å². The molecule has 0 aliphatic carbocycles. The summed E-state index contributed by atoms with van der Waals surface area (Å²) in [6.45, 7) is 0.278. The second-order valence-electron chi connectivity index (χ2n) is 2.82. The summed E-state index contributed by atoms with van der Waals surface area (Å²) in [5.74, 6) is -1.09. The second kappa shape index (κ2) is 3.60. The van der Waals surface area contributed by atoms with E-state index < -0.39 is 22.2 Å². The standard InChI is InChI=1S/C6H12N2O4S/c1-7-13(11,12)8-4-2-3-5(8)6(9)10/h5,7H,2-4H2,1H3,(H,9,10). The number of carboxylic acids is 1. The van der Waals surface area contributed by atoms with E-state index in [1.54, 1.807) is 0 Å². The summed E-state index contributed by atoms with van der Waals surface area (Å²) in [4.78, 5) is 10.6. The van der Waals surface area contributed by atoms with Crippen molar-refractivity contribution in [2.75, 3.05) is 13.6 Å². The number of carbonyl (C=O) groups is 1. The van der Waals surface area contributed by atoms with Crippen molar-refractivity contribution in [1.29, 1.82) is 0 Å². The van der Waals surface area contributed by atoms with Crippen LogP contribution in [0.1, 0.15) is 12.8 Å². The zero-order chi connectivity index (χ0) is 10.1. The predicted octanol–water partition coefficient (Wildman–Crippen LogP) is -1.00. The first kappa shape index (κ1) is 10.4. The molecule has 6 nitrogen and oxygen atoms in total. The SMILES string of the molecule is CNS(=O)(=O)N1CCCC1C(=O)O. The Hall–Kier alpha value is -0.660. The van der Waals surface area contributed by atoms with E-state index in [1.807, 2.05) is 0 Å². The van der Waals surface area contributed by atoms with Gasteiger partial charge in [0.25, 0.3) is 10.2 Å². The van der Waals surface area contributed by atoms with E-state index in [9.17, 15) is 13.2 Å². The third-order valence-corrected chi connectivity index (χ3v) is 3.63. The number of carboxylic acid groups (broad SMARTS) is 1. The van der Waals surface area contributed by atoms with Crippen LogP contribution in [0.2, 0.25) is 0 Å². The fraction of sp³-hybridized carbons (Fsp3) is 0.833. The molecule has 1 fully saturated rings. The van der Waals surface area contributed by atoms with Gasteiger partial charge in [0.2, 0.25) is 0 Å². The maximum atomic E-state index is 11.3. The Morgan fingerprint density at radius 1 is 1.62 bits per heavy atom. The molecule has 7 heteroatoms. The van der Waals surface area contributed by atoms with Gasteiger partial charge >= 0.3 is 5.97 Å². The Balaban J connectivity index is 2.86. The smallest absolute Gasteiger partial charge is 0.322 e. The van der Waals surface area contributed by atoms with E-state index in [0.29, 0.717) is 12.8 Å². The van der Waals surface area contributed by atoms with Crippen molar-refractivity contribution in [2.24, 2.45) is 0 Å². The molecule has 0 aromatic heterocycles. The lowest BCUT2D eigenvalue weighted by Crippen LogP contribution is -2.45. The van der Waals surface area contributed by atoms with Gasteiger partial charge in [0.05, 0.1) is 0 Å². The van der Waals surface area contributed by atoms with E-state index >= 15 is 0 Å². The Kier molecular flexibility index (Phi) is 2.89. The van der Waals surface area contributed by atoms with Crippen LogP contribution in [0.4, 0.5) is 0 Å². The number of aliphatic carboxylic acids is 1. The van der Waals surface area contributed by atoms with Gasteiger partial charge in [-0.25, -0.2) is 4.72 Å². The Morgan fingerprint density at radius 3 is 2.69 bits per heavy atom. The van der Waals surface area contributed by atoms with Gasteiger partial charge in [-0.2, -0.15) is 12.7 Å². The number of rotatable bonds is 3. The molecule has 2 N–H and O–H groups in total. The monoisotopic (exact) mass is 208 g/mol. The molecule has 1 aliphatic rings. The molecule has 1 atom stereocenters. The van der Waals surface area contributed by atoms with Crippen molar-refractivity contribution in [3.63, 3.8) is 0 Å². The van der Waals surface area contributed by atoms with E-state index in [0.717, 1.165) is 4.31 Å². The van der Waals surface area contributed by atoms with Crippen LogP contribution in [-0.2, 0) is 15.0 Å². The Morgan fingerprint density at radius 2 is 2.23 bits per heavy atom. The Labute approximate surface area is 76.7 Å². The highest BCUT2D eigenvalue weighted by Crippen LogP contribution is 2.19. The predicted molar refractivity (Wildman–Crippen MR) is 45.3 cm³/mol.